The minimum Gasteiger partial charge on any atom is -0.492 e. The van der Waals surface area contributed by atoms with Crippen LogP contribution in [0.2, 0.25) is 0 Å². The molecule has 1 atom stereocenters. The maximum atomic E-state index is 11.9. The van der Waals surface area contributed by atoms with Crippen LogP contribution in [0, 0.1) is 5.92 Å². The molecule has 1 aromatic carbocycles. The van der Waals surface area contributed by atoms with Crippen LogP contribution in [-0.2, 0) is 0 Å². The van der Waals surface area contributed by atoms with E-state index < -0.39 is 0 Å². The summed E-state index contributed by atoms with van der Waals surface area (Å²) in [5, 5.41) is 5.86. The number of para-hydroxylation sites is 1. The van der Waals surface area contributed by atoms with Gasteiger partial charge < -0.3 is 15.4 Å². The van der Waals surface area contributed by atoms with Crippen LogP contribution >= 0.6 is 11.8 Å². The van der Waals surface area contributed by atoms with Gasteiger partial charge in [0, 0.05) is 18.3 Å². The second kappa shape index (κ2) is 9.92. The molecule has 2 fully saturated rings. The van der Waals surface area contributed by atoms with Gasteiger partial charge >= 0.3 is 6.03 Å². The molecule has 0 radical (unpaired) electrons. The van der Waals surface area contributed by atoms with E-state index in [9.17, 15) is 4.79 Å². The highest BCUT2D eigenvalue weighted by Gasteiger charge is 2.27. The summed E-state index contributed by atoms with van der Waals surface area (Å²) in [6.07, 6.45) is 3.73. The number of rotatable bonds is 7. The number of likely N-dealkylation sites (tertiary alicyclic amines) is 1. The lowest BCUT2D eigenvalue weighted by Gasteiger charge is -2.35. The predicted molar refractivity (Wildman–Crippen MR) is 103 cm³/mol. The normalized spacial score (nSPS) is 21.8. The fourth-order valence-corrected chi connectivity index (χ4v) is 4.74. The number of urea groups is 1. The molecule has 2 amide bonds. The predicted octanol–water partition coefficient (Wildman–Crippen LogP) is 2.58. The van der Waals surface area contributed by atoms with Crippen molar-refractivity contribution in [3.05, 3.63) is 30.3 Å². The first kappa shape index (κ1) is 18.4. The Balaban J connectivity index is 1.23. The molecule has 5 nitrogen and oxygen atoms in total. The van der Waals surface area contributed by atoms with Crippen molar-refractivity contribution in [1.29, 1.82) is 0 Å². The van der Waals surface area contributed by atoms with Crippen molar-refractivity contribution in [2.75, 3.05) is 44.3 Å². The molecule has 6 heteroatoms. The molecule has 2 aliphatic heterocycles. The quantitative estimate of drug-likeness (QED) is 0.731. The number of hydrogen-bond acceptors (Lipinski definition) is 4. The fourth-order valence-electron chi connectivity index (χ4n) is 3.48. The summed E-state index contributed by atoms with van der Waals surface area (Å²) in [5.41, 5.74) is 0. The molecule has 2 heterocycles. The van der Waals surface area contributed by atoms with Gasteiger partial charge in [0.05, 0.1) is 6.54 Å². The third-order valence-corrected chi connectivity index (χ3v) is 6.17. The average Bonchev–Trinajstić information content (AvgIpc) is 3.20. The molecule has 138 valence electrons. The summed E-state index contributed by atoms with van der Waals surface area (Å²) in [7, 11) is 0. The molecule has 25 heavy (non-hydrogen) atoms. The van der Waals surface area contributed by atoms with Gasteiger partial charge in [-0.05, 0) is 56.2 Å². The molecule has 1 aromatic rings. The standard InChI is InChI=1S/C19H29N3O2S/c23-19(20-9-12-24-18-4-2-1-3-5-18)21-14-16-6-10-22(11-7-16)17-8-13-25-15-17/h1-5,16-17H,6-15H2,(H2,20,21,23). The minimum atomic E-state index is -0.0914. The van der Waals surface area contributed by atoms with Gasteiger partial charge in [0.25, 0.3) is 0 Å². The Morgan fingerprint density at radius 2 is 1.96 bits per heavy atom. The van der Waals surface area contributed by atoms with Crippen LogP contribution in [0.3, 0.4) is 0 Å². The first-order valence-electron chi connectivity index (χ1n) is 9.32. The summed E-state index contributed by atoms with van der Waals surface area (Å²) >= 11 is 2.08. The maximum absolute atomic E-state index is 11.9. The van der Waals surface area contributed by atoms with Crippen molar-refractivity contribution < 1.29 is 9.53 Å². The summed E-state index contributed by atoms with van der Waals surface area (Å²) in [5.74, 6) is 4.06. The monoisotopic (exact) mass is 363 g/mol. The summed E-state index contributed by atoms with van der Waals surface area (Å²) < 4.78 is 5.56. The van der Waals surface area contributed by atoms with Crippen LogP contribution in [0.15, 0.2) is 30.3 Å². The molecular weight excluding hydrogens is 334 g/mol. The Hall–Kier alpha value is -1.40. The van der Waals surface area contributed by atoms with E-state index in [1.54, 1.807) is 0 Å². The van der Waals surface area contributed by atoms with E-state index >= 15 is 0 Å². The number of carbonyl (C=O) groups excluding carboxylic acids is 1. The first-order valence-corrected chi connectivity index (χ1v) is 10.5. The molecule has 0 spiro atoms. The number of amides is 2. The number of thioether (sulfide) groups is 1. The molecule has 3 rings (SSSR count). The van der Waals surface area contributed by atoms with E-state index in [0.29, 0.717) is 19.1 Å². The van der Waals surface area contributed by atoms with Crippen LogP contribution < -0.4 is 15.4 Å². The topological polar surface area (TPSA) is 53.6 Å². The van der Waals surface area contributed by atoms with E-state index in [1.807, 2.05) is 30.3 Å². The van der Waals surface area contributed by atoms with E-state index in [1.165, 1.54) is 43.9 Å². The van der Waals surface area contributed by atoms with Crippen molar-refractivity contribution in [1.82, 2.24) is 15.5 Å². The fraction of sp³-hybridized carbons (Fsp3) is 0.632. The molecule has 2 saturated heterocycles. The summed E-state index contributed by atoms with van der Waals surface area (Å²) in [4.78, 5) is 14.5. The smallest absolute Gasteiger partial charge is 0.314 e. The van der Waals surface area contributed by atoms with Crippen LogP contribution in [0.5, 0.6) is 5.75 Å². The minimum absolute atomic E-state index is 0.0914. The lowest BCUT2D eigenvalue weighted by atomic mass is 9.95. The Kier molecular flexibility index (Phi) is 7.30. The van der Waals surface area contributed by atoms with Gasteiger partial charge in [0.1, 0.15) is 12.4 Å². The summed E-state index contributed by atoms with van der Waals surface area (Å²) in [6, 6.07) is 10.4. The van der Waals surface area contributed by atoms with Gasteiger partial charge in [0.2, 0.25) is 0 Å². The number of ether oxygens (including phenoxy) is 1. The molecule has 0 aromatic heterocycles. The number of benzene rings is 1. The van der Waals surface area contributed by atoms with Gasteiger partial charge in [0.15, 0.2) is 0 Å². The van der Waals surface area contributed by atoms with Crippen molar-refractivity contribution in [2.24, 2.45) is 5.92 Å². The Morgan fingerprint density at radius 1 is 1.16 bits per heavy atom. The first-order chi connectivity index (χ1) is 12.3. The Bertz CT molecular complexity index is 515. The summed E-state index contributed by atoms with van der Waals surface area (Å²) in [6.45, 7) is 4.14. The highest BCUT2D eigenvalue weighted by Crippen LogP contribution is 2.26. The molecule has 1 unspecified atom stereocenters. The largest absolute Gasteiger partial charge is 0.492 e. The van der Waals surface area contributed by atoms with E-state index in [0.717, 1.165) is 18.3 Å². The molecule has 0 bridgehead atoms. The van der Waals surface area contributed by atoms with E-state index in [4.69, 9.17) is 4.74 Å². The molecule has 2 N–H and O–H groups in total. The molecule has 2 aliphatic rings. The molecule has 0 aliphatic carbocycles. The molecule has 0 saturated carbocycles. The second-order valence-corrected chi connectivity index (χ2v) is 7.94. The van der Waals surface area contributed by atoms with E-state index in [2.05, 4.69) is 27.3 Å². The molecular formula is C19H29N3O2S. The average molecular weight is 364 g/mol. The third-order valence-electron chi connectivity index (χ3n) is 5.02. The van der Waals surface area contributed by atoms with Gasteiger partial charge in [-0.25, -0.2) is 4.79 Å². The third kappa shape index (κ3) is 6.12. The van der Waals surface area contributed by atoms with E-state index in [-0.39, 0.29) is 6.03 Å². The van der Waals surface area contributed by atoms with Crippen molar-refractivity contribution in [2.45, 2.75) is 25.3 Å². The Labute approximate surface area is 154 Å². The number of piperidine rings is 1. The number of carbonyl (C=O) groups is 1. The van der Waals surface area contributed by atoms with Gasteiger partial charge in [-0.2, -0.15) is 11.8 Å². The zero-order valence-electron chi connectivity index (χ0n) is 14.8. The van der Waals surface area contributed by atoms with Crippen LogP contribution in [-0.4, -0.2) is 61.3 Å². The second-order valence-electron chi connectivity index (χ2n) is 6.80. The van der Waals surface area contributed by atoms with Gasteiger partial charge in [-0.3, -0.25) is 4.90 Å². The lowest BCUT2D eigenvalue weighted by molar-refractivity contribution is 0.143. The number of hydrogen-bond donors (Lipinski definition) is 2. The van der Waals surface area contributed by atoms with Crippen molar-refractivity contribution in [3.63, 3.8) is 0 Å². The van der Waals surface area contributed by atoms with Crippen molar-refractivity contribution >= 4 is 17.8 Å². The van der Waals surface area contributed by atoms with Gasteiger partial charge in [-0.1, -0.05) is 18.2 Å². The van der Waals surface area contributed by atoms with Gasteiger partial charge in [-0.15, -0.1) is 0 Å². The van der Waals surface area contributed by atoms with Crippen LogP contribution in [0.25, 0.3) is 0 Å². The van der Waals surface area contributed by atoms with Crippen molar-refractivity contribution in [3.8, 4) is 5.75 Å². The lowest BCUT2D eigenvalue weighted by Crippen LogP contribution is -2.45. The highest BCUT2D eigenvalue weighted by atomic mass is 32.2. The number of nitrogens with zero attached hydrogens (tertiary/aromatic N) is 1. The maximum Gasteiger partial charge on any atom is 0.314 e. The highest BCUT2D eigenvalue weighted by molar-refractivity contribution is 7.99. The van der Waals surface area contributed by atoms with Crippen LogP contribution in [0.4, 0.5) is 4.79 Å². The zero-order valence-corrected chi connectivity index (χ0v) is 15.6. The Morgan fingerprint density at radius 3 is 2.68 bits per heavy atom. The van der Waals surface area contributed by atoms with Crippen LogP contribution in [0.1, 0.15) is 19.3 Å². The SMILES string of the molecule is O=C(NCCOc1ccccc1)NCC1CCN(C2CCSC2)CC1. The number of nitrogens with one attached hydrogen (secondary N) is 2. The zero-order chi connectivity index (χ0) is 17.3.